The molecule has 0 bridgehead atoms. The summed E-state index contributed by atoms with van der Waals surface area (Å²) in [6.45, 7) is 9.36. The highest BCUT2D eigenvalue weighted by atomic mass is 14.3. The van der Waals surface area contributed by atoms with Gasteiger partial charge in [-0.15, -0.1) is 0 Å². The van der Waals surface area contributed by atoms with Crippen LogP contribution in [0.3, 0.4) is 0 Å². The fraction of sp³-hybridized carbons (Fsp3) is 1.00. The summed E-state index contributed by atoms with van der Waals surface area (Å²) in [6, 6.07) is 0. The second-order valence-corrected chi connectivity index (χ2v) is 8.21. The molecule has 0 N–H and O–H groups in total. The molecule has 0 saturated heterocycles. The fourth-order valence-electron chi connectivity index (χ4n) is 4.21. The smallest absolute Gasteiger partial charge is 0.0386 e. The van der Waals surface area contributed by atoms with Gasteiger partial charge in [0.1, 0.15) is 0 Å². The number of unbranched alkanes of at least 4 members (excludes halogenated alkanes) is 10. The Morgan fingerprint density at radius 3 is 0.875 bits per heavy atom. The van der Waals surface area contributed by atoms with Crippen LogP contribution in [0.4, 0.5) is 0 Å². The van der Waals surface area contributed by atoms with Crippen LogP contribution < -0.4 is 0 Å². The molecule has 146 valence electrons. The minimum atomic E-state index is 1.03. The number of hydrogen-bond donors (Lipinski definition) is 0. The van der Waals surface area contributed by atoms with Crippen LogP contribution >= 0.6 is 0 Å². The first kappa shape index (κ1) is 24.0. The van der Waals surface area contributed by atoms with Gasteiger partial charge >= 0.3 is 0 Å². The maximum absolute atomic E-state index is 2.35. The number of hydrogen-bond acceptors (Lipinski definition) is 0. The summed E-state index contributed by atoms with van der Waals surface area (Å²) in [7, 11) is 0. The van der Waals surface area contributed by atoms with Crippen LogP contribution in [-0.2, 0) is 0 Å². The highest BCUT2D eigenvalue weighted by molar-refractivity contribution is 4.72. The zero-order valence-corrected chi connectivity index (χ0v) is 17.9. The van der Waals surface area contributed by atoms with E-state index in [0.717, 1.165) is 11.8 Å². The van der Waals surface area contributed by atoms with Crippen LogP contribution in [0.2, 0.25) is 0 Å². The van der Waals surface area contributed by atoms with E-state index >= 15 is 0 Å². The molecule has 0 radical (unpaired) electrons. The fourth-order valence-corrected chi connectivity index (χ4v) is 4.21. The van der Waals surface area contributed by atoms with Gasteiger partial charge in [-0.1, -0.05) is 143 Å². The van der Waals surface area contributed by atoms with Crippen LogP contribution in [0, 0.1) is 11.8 Å². The molecule has 0 aromatic carbocycles. The van der Waals surface area contributed by atoms with Gasteiger partial charge in [-0.3, -0.25) is 0 Å². The van der Waals surface area contributed by atoms with Crippen molar-refractivity contribution in [3.05, 3.63) is 0 Å². The molecule has 0 aliphatic heterocycles. The van der Waals surface area contributed by atoms with Gasteiger partial charge in [-0.05, 0) is 11.8 Å². The van der Waals surface area contributed by atoms with Gasteiger partial charge in [-0.2, -0.15) is 0 Å². The molecule has 0 fully saturated rings. The normalized spacial score (nSPS) is 14.0. The lowest BCUT2D eigenvalue weighted by Crippen LogP contribution is -2.16. The van der Waals surface area contributed by atoms with E-state index in [4.69, 9.17) is 0 Å². The number of rotatable bonds is 19. The Balaban J connectivity index is 4.45. The van der Waals surface area contributed by atoms with Gasteiger partial charge in [-0.25, -0.2) is 0 Å². The van der Waals surface area contributed by atoms with Gasteiger partial charge in [0, 0.05) is 0 Å². The summed E-state index contributed by atoms with van der Waals surface area (Å²) in [4.78, 5) is 0. The van der Waals surface area contributed by atoms with Crippen molar-refractivity contribution >= 4 is 0 Å². The predicted molar refractivity (Wildman–Crippen MR) is 113 cm³/mol. The van der Waals surface area contributed by atoms with Gasteiger partial charge in [0.15, 0.2) is 0 Å². The summed E-state index contributed by atoms with van der Waals surface area (Å²) in [5.41, 5.74) is 0. The van der Waals surface area contributed by atoms with Crippen molar-refractivity contribution in [2.24, 2.45) is 11.8 Å². The van der Waals surface area contributed by atoms with Crippen LogP contribution in [0.25, 0.3) is 0 Å². The molecule has 2 unspecified atom stereocenters. The molecule has 0 aromatic rings. The molecule has 24 heavy (non-hydrogen) atoms. The van der Waals surface area contributed by atoms with Crippen molar-refractivity contribution in [2.45, 2.75) is 143 Å². The molecule has 0 nitrogen and oxygen atoms in total. The van der Waals surface area contributed by atoms with Crippen LogP contribution in [0.1, 0.15) is 143 Å². The summed E-state index contributed by atoms with van der Waals surface area (Å²) in [6.07, 6.45) is 26.2. The minimum absolute atomic E-state index is 1.03. The maximum atomic E-state index is 2.35. The first-order valence-electron chi connectivity index (χ1n) is 11.8. The Hall–Kier alpha value is 0. The van der Waals surface area contributed by atoms with Crippen molar-refractivity contribution in [2.75, 3.05) is 0 Å². The van der Waals surface area contributed by atoms with Crippen LogP contribution in [-0.4, -0.2) is 0 Å². The Bertz CT molecular complexity index is 196. The SMILES string of the molecule is CCCCCCC(CCCCC)C(CCCCC)CCCCCC. The third kappa shape index (κ3) is 14.4. The van der Waals surface area contributed by atoms with Gasteiger partial charge in [0.05, 0.1) is 0 Å². The standard InChI is InChI=1S/C24H50/c1-5-9-13-17-21-23(19-15-11-7-3)24(20-16-12-8-4)22-18-14-10-6-2/h23-24H,5-22H2,1-4H3. The molecule has 0 amide bonds. The lowest BCUT2D eigenvalue weighted by molar-refractivity contribution is 0.237. The van der Waals surface area contributed by atoms with E-state index in [0.29, 0.717) is 0 Å². The third-order valence-electron chi connectivity index (χ3n) is 5.88. The third-order valence-corrected chi connectivity index (χ3v) is 5.88. The predicted octanol–water partition coefficient (Wildman–Crippen LogP) is 9.32. The first-order chi connectivity index (χ1) is 11.8. The Labute approximate surface area is 155 Å². The quantitative estimate of drug-likeness (QED) is 0.206. The monoisotopic (exact) mass is 338 g/mol. The molecule has 0 saturated carbocycles. The zero-order valence-electron chi connectivity index (χ0n) is 17.9. The van der Waals surface area contributed by atoms with E-state index in [1.807, 2.05) is 0 Å². The molecule has 0 heterocycles. The Kier molecular flexibility index (Phi) is 19.3. The highest BCUT2D eigenvalue weighted by Crippen LogP contribution is 2.33. The highest BCUT2D eigenvalue weighted by Gasteiger charge is 2.20. The van der Waals surface area contributed by atoms with Gasteiger partial charge in [0.2, 0.25) is 0 Å². The van der Waals surface area contributed by atoms with Crippen molar-refractivity contribution in [1.29, 1.82) is 0 Å². The summed E-state index contributed by atoms with van der Waals surface area (Å²) in [5.74, 6) is 2.07. The van der Waals surface area contributed by atoms with Gasteiger partial charge in [0.25, 0.3) is 0 Å². The largest absolute Gasteiger partial charge is 0.0654 e. The molecule has 0 rings (SSSR count). The van der Waals surface area contributed by atoms with E-state index in [2.05, 4.69) is 27.7 Å². The Morgan fingerprint density at radius 1 is 0.333 bits per heavy atom. The molecule has 0 aromatic heterocycles. The van der Waals surface area contributed by atoms with Crippen molar-refractivity contribution in [1.82, 2.24) is 0 Å². The average molecular weight is 339 g/mol. The van der Waals surface area contributed by atoms with E-state index in [-0.39, 0.29) is 0 Å². The van der Waals surface area contributed by atoms with Crippen molar-refractivity contribution in [3.8, 4) is 0 Å². The summed E-state index contributed by atoms with van der Waals surface area (Å²) < 4.78 is 0. The van der Waals surface area contributed by atoms with E-state index in [1.54, 1.807) is 0 Å². The molecular formula is C24H50. The van der Waals surface area contributed by atoms with Gasteiger partial charge < -0.3 is 0 Å². The minimum Gasteiger partial charge on any atom is -0.0654 e. The molecule has 0 aliphatic carbocycles. The Morgan fingerprint density at radius 2 is 0.583 bits per heavy atom. The van der Waals surface area contributed by atoms with Crippen molar-refractivity contribution in [3.63, 3.8) is 0 Å². The van der Waals surface area contributed by atoms with E-state index in [1.165, 1.54) is 116 Å². The summed E-state index contributed by atoms with van der Waals surface area (Å²) >= 11 is 0. The van der Waals surface area contributed by atoms with Crippen LogP contribution in [0.5, 0.6) is 0 Å². The molecule has 2 atom stereocenters. The molecular weight excluding hydrogens is 288 g/mol. The molecule has 0 spiro atoms. The maximum Gasteiger partial charge on any atom is -0.0386 e. The van der Waals surface area contributed by atoms with Crippen molar-refractivity contribution < 1.29 is 0 Å². The van der Waals surface area contributed by atoms with E-state index < -0.39 is 0 Å². The topological polar surface area (TPSA) is 0 Å². The second kappa shape index (κ2) is 19.3. The first-order valence-corrected chi connectivity index (χ1v) is 11.8. The van der Waals surface area contributed by atoms with Crippen LogP contribution in [0.15, 0.2) is 0 Å². The average Bonchev–Trinajstić information content (AvgIpc) is 2.59. The lowest BCUT2D eigenvalue weighted by atomic mass is 9.78. The van der Waals surface area contributed by atoms with E-state index in [9.17, 15) is 0 Å². The zero-order chi connectivity index (χ0) is 17.9. The lowest BCUT2D eigenvalue weighted by Gasteiger charge is -2.28. The molecule has 0 heteroatoms. The summed E-state index contributed by atoms with van der Waals surface area (Å²) in [5, 5.41) is 0. The molecule has 0 aliphatic rings. The second-order valence-electron chi connectivity index (χ2n) is 8.21.